The van der Waals surface area contributed by atoms with Crippen LogP contribution in [0.15, 0.2) is 23.1 Å². The SMILES string of the molecule is CC(O)C(N)CNS(=O)(=O)c1ccc2c(c1)OCCO2. The van der Waals surface area contributed by atoms with Gasteiger partial charge in [-0.05, 0) is 19.1 Å². The first-order valence-electron chi connectivity index (χ1n) is 6.23. The molecule has 0 saturated carbocycles. The van der Waals surface area contributed by atoms with Crippen molar-refractivity contribution in [3.63, 3.8) is 0 Å². The minimum atomic E-state index is -3.70. The molecule has 0 aromatic heterocycles. The van der Waals surface area contributed by atoms with Gasteiger partial charge in [-0.1, -0.05) is 0 Å². The highest BCUT2D eigenvalue weighted by Crippen LogP contribution is 2.32. The summed E-state index contributed by atoms with van der Waals surface area (Å²) in [5.74, 6) is 0.926. The predicted octanol–water partition coefficient (Wildman–Crippen LogP) is -0.556. The molecule has 1 aliphatic rings. The molecule has 0 radical (unpaired) electrons. The molecule has 1 aliphatic heterocycles. The van der Waals surface area contributed by atoms with E-state index in [-0.39, 0.29) is 11.4 Å². The van der Waals surface area contributed by atoms with Gasteiger partial charge in [-0.15, -0.1) is 0 Å². The first-order valence-corrected chi connectivity index (χ1v) is 7.71. The average molecular weight is 302 g/mol. The maximum absolute atomic E-state index is 12.1. The number of aliphatic hydroxyl groups is 1. The predicted molar refractivity (Wildman–Crippen MR) is 72.3 cm³/mol. The zero-order valence-electron chi connectivity index (χ0n) is 11.1. The van der Waals surface area contributed by atoms with Crippen molar-refractivity contribution in [2.24, 2.45) is 5.73 Å². The molecule has 1 aromatic rings. The molecule has 4 N–H and O–H groups in total. The van der Waals surface area contributed by atoms with E-state index in [2.05, 4.69) is 4.72 Å². The highest BCUT2D eigenvalue weighted by Gasteiger charge is 2.20. The lowest BCUT2D eigenvalue weighted by atomic mass is 10.2. The second-order valence-corrected chi connectivity index (χ2v) is 6.33. The van der Waals surface area contributed by atoms with Crippen LogP contribution < -0.4 is 19.9 Å². The maximum Gasteiger partial charge on any atom is 0.240 e. The minimum Gasteiger partial charge on any atom is -0.486 e. The second kappa shape index (κ2) is 5.96. The maximum atomic E-state index is 12.1. The number of ether oxygens (including phenoxy) is 2. The van der Waals surface area contributed by atoms with Crippen molar-refractivity contribution in [2.45, 2.75) is 24.0 Å². The van der Waals surface area contributed by atoms with Crippen molar-refractivity contribution in [3.8, 4) is 11.5 Å². The smallest absolute Gasteiger partial charge is 0.240 e. The first-order chi connectivity index (χ1) is 9.40. The molecule has 112 valence electrons. The van der Waals surface area contributed by atoms with Gasteiger partial charge in [0.1, 0.15) is 13.2 Å². The lowest BCUT2D eigenvalue weighted by Crippen LogP contribution is -2.43. The first kappa shape index (κ1) is 15.0. The molecular weight excluding hydrogens is 284 g/mol. The van der Waals surface area contributed by atoms with Gasteiger partial charge in [0.05, 0.1) is 11.0 Å². The second-order valence-electron chi connectivity index (χ2n) is 4.56. The van der Waals surface area contributed by atoms with Crippen LogP contribution in [0.2, 0.25) is 0 Å². The van der Waals surface area contributed by atoms with Crippen LogP contribution in [0.1, 0.15) is 6.92 Å². The molecule has 2 unspecified atom stereocenters. The van der Waals surface area contributed by atoms with E-state index >= 15 is 0 Å². The molecule has 20 heavy (non-hydrogen) atoms. The van der Waals surface area contributed by atoms with Gasteiger partial charge in [-0.25, -0.2) is 13.1 Å². The van der Waals surface area contributed by atoms with Gasteiger partial charge in [0, 0.05) is 18.7 Å². The van der Waals surface area contributed by atoms with E-state index in [0.29, 0.717) is 24.7 Å². The summed E-state index contributed by atoms with van der Waals surface area (Å²) in [4.78, 5) is 0.0690. The molecular formula is C12H18N2O5S. The molecule has 0 saturated heterocycles. The van der Waals surface area contributed by atoms with Gasteiger partial charge in [0.2, 0.25) is 10.0 Å². The minimum absolute atomic E-state index is 0.0472. The molecule has 2 rings (SSSR count). The summed E-state index contributed by atoms with van der Waals surface area (Å²) in [6.07, 6.45) is -0.794. The third kappa shape index (κ3) is 3.40. The summed E-state index contributed by atoms with van der Waals surface area (Å²) >= 11 is 0. The van der Waals surface area contributed by atoms with Crippen molar-refractivity contribution in [3.05, 3.63) is 18.2 Å². The summed E-state index contributed by atoms with van der Waals surface area (Å²) in [5, 5.41) is 9.25. The third-order valence-electron chi connectivity index (χ3n) is 2.95. The molecule has 1 heterocycles. The monoisotopic (exact) mass is 302 g/mol. The molecule has 0 fully saturated rings. The number of aliphatic hydroxyl groups excluding tert-OH is 1. The molecule has 8 heteroatoms. The Labute approximate surface area is 117 Å². The Kier molecular flexibility index (Phi) is 4.48. The third-order valence-corrected chi connectivity index (χ3v) is 4.37. The topological polar surface area (TPSA) is 111 Å². The Morgan fingerprint density at radius 1 is 1.35 bits per heavy atom. The summed E-state index contributed by atoms with van der Waals surface area (Å²) in [6.45, 7) is 2.29. The summed E-state index contributed by atoms with van der Waals surface area (Å²) in [7, 11) is -3.70. The van der Waals surface area contributed by atoms with Crippen LogP contribution in [0.4, 0.5) is 0 Å². The van der Waals surface area contributed by atoms with E-state index in [9.17, 15) is 13.5 Å². The standard InChI is InChI=1S/C12H18N2O5S/c1-8(15)10(13)7-14-20(16,17)9-2-3-11-12(6-9)19-5-4-18-11/h2-3,6,8,10,14-15H,4-5,7,13H2,1H3. The highest BCUT2D eigenvalue weighted by molar-refractivity contribution is 7.89. The van der Waals surface area contributed by atoms with Crippen molar-refractivity contribution in [1.82, 2.24) is 4.72 Å². The summed E-state index contributed by atoms with van der Waals surface area (Å²) in [5.41, 5.74) is 5.59. The normalized spacial score (nSPS) is 17.6. The average Bonchev–Trinajstić information content (AvgIpc) is 2.44. The quantitative estimate of drug-likeness (QED) is 0.672. The number of nitrogens with two attached hydrogens (primary N) is 1. The zero-order valence-corrected chi connectivity index (χ0v) is 11.9. The number of sulfonamides is 1. The Morgan fingerprint density at radius 3 is 2.65 bits per heavy atom. The van der Waals surface area contributed by atoms with Crippen LogP contribution in [0.5, 0.6) is 11.5 Å². The molecule has 2 atom stereocenters. The van der Waals surface area contributed by atoms with Gasteiger partial charge in [0.15, 0.2) is 11.5 Å². The van der Waals surface area contributed by atoms with Crippen LogP contribution in [-0.2, 0) is 10.0 Å². The fourth-order valence-electron chi connectivity index (χ4n) is 1.65. The van der Waals surface area contributed by atoms with Crippen LogP contribution in [0, 0.1) is 0 Å². The van der Waals surface area contributed by atoms with E-state index < -0.39 is 22.2 Å². The largest absolute Gasteiger partial charge is 0.486 e. The number of nitrogens with one attached hydrogen (secondary N) is 1. The Bertz CT molecular complexity index is 573. The van der Waals surface area contributed by atoms with Crippen molar-refractivity contribution < 1.29 is 23.0 Å². The number of hydrogen-bond donors (Lipinski definition) is 3. The molecule has 0 amide bonds. The summed E-state index contributed by atoms with van der Waals surface area (Å²) in [6, 6.07) is 3.73. The van der Waals surface area contributed by atoms with Crippen LogP contribution in [-0.4, -0.2) is 45.4 Å². The Morgan fingerprint density at radius 2 is 2.00 bits per heavy atom. The molecule has 7 nitrogen and oxygen atoms in total. The van der Waals surface area contributed by atoms with E-state index in [0.717, 1.165) is 0 Å². The van der Waals surface area contributed by atoms with E-state index in [1.54, 1.807) is 6.07 Å². The number of benzene rings is 1. The number of fused-ring (bicyclic) bond motifs is 1. The van der Waals surface area contributed by atoms with Crippen molar-refractivity contribution >= 4 is 10.0 Å². The highest BCUT2D eigenvalue weighted by atomic mass is 32.2. The van der Waals surface area contributed by atoms with Crippen molar-refractivity contribution in [2.75, 3.05) is 19.8 Å². The Hall–Kier alpha value is -1.35. The van der Waals surface area contributed by atoms with Crippen LogP contribution in [0.3, 0.4) is 0 Å². The number of hydrogen-bond acceptors (Lipinski definition) is 6. The zero-order chi connectivity index (χ0) is 14.8. The van der Waals surface area contributed by atoms with Gasteiger partial charge in [0.25, 0.3) is 0 Å². The lowest BCUT2D eigenvalue weighted by Gasteiger charge is -2.19. The molecule has 0 aliphatic carbocycles. The van der Waals surface area contributed by atoms with E-state index in [1.165, 1.54) is 19.1 Å². The molecule has 0 bridgehead atoms. The van der Waals surface area contributed by atoms with Gasteiger partial charge in [-0.3, -0.25) is 0 Å². The van der Waals surface area contributed by atoms with E-state index in [4.69, 9.17) is 15.2 Å². The van der Waals surface area contributed by atoms with Gasteiger partial charge < -0.3 is 20.3 Å². The van der Waals surface area contributed by atoms with Crippen LogP contribution in [0.25, 0.3) is 0 Å². The van der Waals surface area contributed by atoms with E-state index in [1.807, 2.05) is 0 Å². The fourth-order valence-corrected chi connectivity index (χ4v) is 2.74. The van der Waals surface area contributed by atoms with Crippen LogP contribution >= 0.6 is 0 Å². The van der Waals surface area contributed by atoms with Crippen molar-refractivity contribution in [1.29, 1.82) is 0 Å². The summed E-state index contributed by atoms with van der Waals surface area (Å²) < 4.78 is 37.2. The lowest BCUT2D eigenvalue weighted by molar-refractivity contribution is 0.164. The number of rotatable bonds is 5. The van der Waals surface area contributed by atoms with Gasteiger partial charge >= 0.3 is 0 Å². The fraction of sp³-hybridized carbons (Fsp3) is 0.500. The van der Waals surface area contributed by atoms with Gasteiger partial charge in [-0.2, -0.15) is 0 Å². The Balaban J connectivity index is 2.13. The molecule has 0 spiro atoms. The molecule has 1 aromatic carbocycles.